The van der Waals surface area contributed by atoms with E-state index in [4.69, 9.17) is 9.84 Å². The topological polar surface area (TPSA) is 46.5 Å². The summed E-state index contributed by atoms with van der Waals surface area (Å²) in [7, 11) is 0. The van der Waals surface area contributed by atoms with Gasteiger partial charge in [0.25, 0.3) is 0 Å². The zero-order valence-electron chi connectivity index (χ0n) is 23.3. The van der Waals surface area contributed by atoms with Crippen LogP contribution >= 0.6 is 0 Å². The zero-order chi connectivity index (χ0) is 24.8. The molecule has 0 rings (SSSR count). The largest absolute Gasteiger partial charge is 0.481 e. The predicted molar refractivity (Wildman–Crippen MR) is 149 cm³/mol. The van der Waals surface area contributed by atoms with E-state index >= 15 is 0 Å². The molecular formula is C31H62O3. The van der Waals surface area contributed by atoms with Crippen molar-refractivity contribution in [1.29, 1.82) is 0 Å². The van der Waals surface area contributed by atoms with Crippen LogP contribution in [0.1, 0.15) is 180 Å². The zero-order valence-corrected chi connectivity index (χ0v) is 23.3. The average molecular weight is 483 g/mol. The summed E-state index contributed by atoms with van der Waals surface area (Å²) < 4.78 is 5.82. The fourth-order valence-corrected chi connectivity index (χ4v) is 4.75. The van der Waals surface area contributed by atoms with Gasteiger partial charge in [0.15, 0.2) is 0 Å². The Hall–Kier alpha value is -0.570. The van der Waals surface area contributed by atoms with E-state index in [1.165, 1.54) is 154 Å². The maximum Gasteiger partial charge on any atom is 0.303 e. The van der Waals surface area contributed by atoms with Crippen molar-refractivity contribution in [2.24, 2.45) is 0 Å². The van der Waals surface area contributed by atoms with E-state index in [2.05, 4.69) is 6.92 Å². The Bertz CT molecular complexity index is 383. The minimum absolute atomic E-state index is 0.338. The molecule has 0 bridgehead atoms. The fourth-order valence-electron chi connectivity index (χ4n) is 4.75. The summed E-state index contributed by atoms with van der Waals surface area (Å²) in [5, 5.41) is 8.61. The standard InChI is InChI=1S/C31H62O3/c1-2-3-4-5-6-7-8-9-11-14-17-20-23-26-29-34-30-27-24-21-18-15-12-10-13-16-19-22-25-28-31(32)33/h2-30H2,1H3,(H,32,33). The van der Waals surface area contributed by atoms with Crippen molar-refractivity contribution >= 4 is 5.97 Å². The highest BCUT2D eigenvalue weighted by molar-refractivity contribution is 5.66. The summed E-state index contributed by atoms with van der Waals surface area (Å²) in [5.74, 6) is -0.656. The van der Waals surface area contributed by atoms with E-state index in [1.807, 2.05) is 0 Å². The lowest BCUT2D eigenvalue weighted by atomic mass is 10.0. The van der Waals surface area contributed by atoms with Gasteiger partial charge in [-0.2, -0.15) is 0 Å². The van der Waals surface area contributed by atoms with E-state index < -0.39 is 5.97 Å². The van der Waals surface area contributed by atoms with E-state index in [9.17, 15) is 4.79 Å². The third-order valence-electron chi connectivity index (χ3n) is 7.07. The van der Waals surface area contributed by atoms with Crippen molar-refractivity contribution in [2.75, 3.05) is 13.2 Å². The maximum atomic E-state index is 10.4. The molecule has 0 unspecified atom stereocenters. The number of aliphatic carboxylic acids is 1. The minimum Gasteiger partial charge on any atom is -0.481 e. The fraction of sp³-hybridized carbons (Fsp3) is 0.968. The molecule has 0 aliphatic rings. The quantitative estimate of drug-likeness (QED) is 0.104. The number of rotatable bonds is 30. The molecule has 3 nitrogen and oxygen atoms in total. The Morgan fingerprint density at radius 3 is 1.00 bits per heavy atom. The number of carbonyl (C=O) groups is 1. The smallest absolute Gasteiger partial charge is 0.303 e. The molecule has 204 valence electrons. The molecule has 0 aromatic carbocycles. The van der Waals surface area contributed by atoms with Gasteiger partial charge in [0, 0.05) is 19.6 Å². The van der Waals surface area contributed by atoms with Crippen LogP contribution in [-0.2, 0) is 9.53 Å². The first kappa shape index (κ1) is 33.4. The molecular weight excluding hydrogens is 420 g/mol. The second kappa shape index (κ2) is 30.5. The summed E-state index contributed by atoms with van der Waals surface area (Å²) in [6.07, 6.45) is 35.2. The van der Waals surface area contributed by atoms with Crippen molar-refractivity contribution in [3.05, 3.63) is 0 Å². The molecule has 1 N–H and O–H groups in total. The number of hydrogen-bond acceptors (Lipinski definition) is 2. The van der Waals surface area contributed by atoms with Crippen molar-refractivity contribution in [1.82, 2.24) is 0 Å². The second-order valence-electron chi connectivity index (χ2n) is 10.6. The first-order valence-corrected chi connectivity index (χ1v) is 15.6. The van der Waals surface area contributed by atoms with E-state index in [0.717, 1.165) is 26.1 Å². The van der Waals surface area contributed by atoms with Gasteiger partial charge in [0.1, 0.15) is 0 Å². The molecule has 0 saturated carbocycles. The van der Waals surface area contributed by atoms with Crippen LogP contribution in [0.3, 0.4) is 0 Å². The van der Waals surface area contributed by atoms with E-state index in [0.29, 0.717) is 6.42 Å². The Morgan fingerprint density at radius 1 is 0.441 bits per heavy atom. The molecule has 0 atom stereocenters. The van der Waals surface area contributed by atoms with Crippen LogP contribution in [-0.4, -0.2) is 24.3 Å². The highest BCUT2D eigenvalue weighted by Crippen LogP contribution is 2.14. The average Bonchev–Trinajstić information content (AvgIpc) is 2.83. The third-order valence-corrected chi connectivity index (χ3v) is 7.07. The third kappa shape index (κ3) is 31.4. The normalized spacial score (nSPS) is 11.3. The van der Waals surface area contributed by atoms with Crippen molar-refractivity contribution < 1.29 is 14.6 Å². The summed E-state index contributed by atoms with van der Waals surface area (Å²) in [4.78, 5) is 10.4. The first-order valence-electron chi connectivity index (χ1n) is 15.6. The molecule has 3 heteroatoms. The number of unbranched alkanes of at least 4 members (excludes halogenated alkanes) is 24. The molecule has 0 amide bonds. The Labute approximate surface area is 214 Å². The van der Waals surface area contributed by atoms with E-state index in [1.54, 1.807) is 0 Å². The number of hydrogen-bond donors (Lipinski definition) is 1. The van der Waals surface area contributed by atoms with Crippen LogP contribution < -0.4 is 0 Å². The van der Waals surface area contributed by atoms with Gasteiger partial charge in [-0.25, -0.2) is 0 Å². The van der Waals surface area contributed by atoms with Crippen LogP contribution in [0.4, 0.5) is 0 Å². The number of carboxylic acid groups (broad SMARTS) is 1. The van der Waals surface area contributed by atoms with Crippen LogP contribution in [0.5, 0.6) is 0 Å². The predicted octanol–water partition coefficient (Wildman–Crippen LogP) is 10.6. The molecule has 0 heterocycles. The molecule has 0 radical (unpaired) electrons. The van der Waals surface area contributed by atoms with Crippen LogP contribution in [0.15, 0.2) is 0 Å². The molecule has 0 aliphatic carbocycles. The summed E-state index contributed by atoms with van der Waals surface area (Å²) in [6.45, 7) is 4.22. The first-order chi connectivity index (χ1) is 16.8. The van der Waals surface area contributed by atoms with Crippen molar-refractivity contribution in [3.8, 4) is 0 Å². The molecule has 0 saturated heterocycles. The van der Waals surface area contributed by atoms with Gasteiger partial charge in [0.2, 0.25) is 0 Å². The maximum absolute atomic E-state index is 10.4. The number of carboxylic acids is 1. The summed E-state index contributed by atoms with van der Waals surface area (Å²) in [6, 6.07) is 0. The Kier molecular flexibility index (Phi) is 30.0. The van der Waals surface area contributed by atoms with Crippen LogP contribution in [0.25, 0.3) is 0 Å². The van der Waals surface area contributed by atoms with Gasteiger partial charge in [-0.05, 0) is 19.3 Å². The van der Waals surface area contributed by atoms with Crippen molar-refractivity contribution in [2.45, 2.75) is 180 Å². The lowest BCUT2D eigenvalue weighted by molar-refractivity contribution is -0.137. The lowest BCUT2D eigenvalue weighted by Gasteiger charge is -2.05. The summed E-state index contributed by atoms with van der Waals surface area (Å²) in [5.41, 5.74) is 0. The van der Waals surface area contributed by atoms with Crippen LogP contribution in [0, 0.1) is 0 Å². The monoisotopic (exact) mass is 482 g/mol. The SMILES string of the molecule is CCCCCCCCCCCCCCCCOCCCCCCCCCCCCCCC(=O)O. The van der Waals surface area contributed by atoms with Gasteiger partial charge in [0.05, 0.1) is 0 Å². The highest BCUT2D eigenvalue weighted by atomic mass is 16.5. The minimum atomic E-state index is -0.656. The van der Waals surface area contributed by atoms with Gasteiger partial charge < -0.3 is 9.84 Å². The molecule has 0 aromatic rings. The molecule has 0 fully saturated rings. The van der Waals surface area contributed by atoms with Gasteiger partial charge >= 0.3 is 5.97 Å². The van der Waals surface area contributed by atoms with Gasteiger partial charge in [-0.1, -0.05) is 155 Å². The van der Waals surface area contributed by atoms with Gasteiger partial charge in [-0.3, -0.25) is 4.79 Å². The Morgan fingerprint density at radius 2 is 0.706 bits per heavy atom. The number of ether oxygens (including phenoxy) is 1. The molecule has 0 spiro atoms. The van der Waals surface area contributed by atoms with Gasteiger partial charge in [-0.15, -0.1) is 0 Å². The second-order valence-corrected chi connectivity index (χ2v) is 10.6. The Balaban J connectivity index is 3.01. The van der Waals surface area contributed by atoms with Crippen molar-refractivity contribution in [3.63, 3.8) is 0 Å². The lowest BCUT2D eigenvalue weighted by Crippen LogP contribution is -1.97. The molecule has 0 aromatic heterocycles. The molecule has 0 aliphatic heterocycles. The van der Waals surface area contributed by atoms with E-state index in [-0.39, 0.29) is 0 Å². The van der Waals surface area contributed by atoms with Crippen LogP contribution in [0.2, 0.25) is 0 Å². The highest BCUT2D eigenvalue weighted by Gasteiger charge is 1.98. The summed E-state index contributed by atoms with van der Waals surface area (Å²) >= 11 is 0. The molecule has 34 heavy (non-hydrogen) atoms.